The van der Waals surface area contributed by atoms with Crippen molar-refractivity contribution in [1.82, 2.24) is 0 Å². The molecule has 23 heavy (non-hydrogen) atoms. The Kier molecular flexibility index (Phi) is 6.20. The predicted octanol–water partition coefficient (Wildman–Crippen LogP) is 3.95. The predicted molar refractivity (Wildman–Crippen MR) is 94.6 cm³/mol. The zero-order valence-corrected chi connectivity index (χ0v) is 14.3. The van der Waals surface area contributed by atoms with E-state index in [0.29, 0.717) is 13.2 Å². The van der Waals surface area contributed by atoms with Crippen LogP contribution in [0.3, 0.4) is 0 Å². The van der Waals surface area contributed by atoms with E-state index in [1.54, 1.807) is 0 Å². The third-order valence-electron chi connectivity index (χ3n) is 3.42. The summed E-state index contributed by atoms with van der Waals surface area (Å²) in [5.74, 6) is 0.874. The fraction of sp³-hybridized carbons (Fsp3) is 0.400. The van der Waals surface area contributed by atoms with E-state index in [1.807, 2.05) is 30.3 Å². The smallest absolute Gasteiger partial charge is 0.119 e. The summed E-state index contributed by atoms with van der Waals surface area (Å²) in [5, 5.41) is 0. The summed E-state index contributed by atoms with van der Waals surface area (Å²) < 4.78 is 11.8. The van der Waals surface area contributed by atoms with Crippen molar-refractivity contribution in [3.63, 3.8) is 0 Å². The topological polar surface area (TPSA) is 44.5 Å². The molecule has 0 aliphatic carbocycles. The van der Waals surface area contributed by atoms with Crippen molar-refractivity contribution in [3.8, 4) is 5.75 Å². The molecule has 2 N–H and O–H groups in total. The zero-order chi connectivity index (χ0) is 16.7. The van der Waals surface area contributed by atoms with Gasteiger partial charge in [-0.1, -0.05) is 42.5 Å². The van der Waals surface area contributed by atoms with Gasteiger partial charge in [-0.2, -0.15) is 0 Å². The maximum Gasteiger partial charge on any atom is 0.119 e. The minimum Gasteiger partial charge on any atom is -0.489 e. The third-order valence-corrected chi connectivity index (χ3v) is 3.42. The van der Waals surface area contributed by atoms with Gasteiger partial charge in [0.1, 0.15) is 12.4 Å². The Morgan fingerprint density at radius 3 is 2.13 bits per heavy atom. The van der Waals surface area contributed by atoms with Crippen LogP contribution in [0.15, 0.2) is 54.6 Å². The Morgan fingerprint density at radius 2 is 1.57 bits per heavy atom. The van der Waals surface area contributed by atoms with Gasteiger partial charge in [0.2, 0.25) is 0 Å². The Labute approximate surface area is 139 Å². The summed E-state index contributed by atoms with van der Waals surface area (Å²) in [6.07, 6.45) is 0.846. The zero-order valence-electron chi connectivity index (χ0n) is 14.3. The number of hydrogen-bond acceptors (Lipinski definition) is 3. The molecule has 1 atom stereocenters. The number of hydrogen-bond donors (Lipinski definition) is 1. The minimum atomic E-state index is -0.178. The summed E-state index contributed by atoms with van der Waals surface area (Å²) >= 11 is 0. The first-order valence-corrected chi connectivity index (χ1v) is 8.10. The number of benzene rings is 2. The standard InChI is InChI=1S/C20H27NO2/c1-20(2,3)23-19(14-21)13-16-9-11-18(12-10-16)22-15-17-7-5-4-6-8-17/h4-12,19H,13-15,21H2,1-3H3/t19-/m0/s1. The highest BCUT2D eigenvalue weighted by Crippen LogP contribution is 2.18. The molecule has 0 radical (unpaired) electrons. The van der Waals surface area contributed by atoms with Gasteiger partial charge in [0.05, 0.1) is 11.7 Å². The maximum atomic E-state index is 5.97. The molecule has 0 heterocycles. The minimum absolute atomic E-state index is 0.0334. The van der Waals surface area contributed by atoms with E-state index in [9.17, 15) is 0 Å². The van der Waals surface area contributed by atoms with E-state index < -0.39 is 0 Å². The number of rotatable bonds is 7. The molecule has 0 unspecified atom stereocenters. The van der Waals surface area contributed by atoms with E-state index in [2.05, 4.69) is 45.0 Å². The van der Waals surface area contributed by atoms with E-state index in [0.717, 1.165) is 12.2 Å². The first-order valence-electron chi connectivity index (χ1n) is 8.10. The lowest BCUT2D eigenvalue weighted by molar-refractivity contribution is -0.0546. The van der Waals surface area contributed by atoms with Crippen LogP contribution < -0.4 is 10.5 Å². The van der Waals surface area contributed by atoms with Crippen molar-refractivity contribution in [1.29, 1.82) is 0 Å². The second-order valence-corrected chi connectivity index (χ2v) is 6.71. The van der Waals surface area contributed by atoms with Gasteiger partial charge in [0.15, 0.2) is 0 Å². The normalized spacial score (nSPS) is 12.9. The van der Waals surface area contributed by atoms with Gasteiger partial charge in [0.25, 0.3) is 0 Å². The summed E-state index contributed by atoms with van der Waals surface area (Å²) in [7, 11) is 0. The summed E-state index contributed by atoms with van der Waals surface area (Å²) in [4.78, 5) is 0. The molecule has 2 rings (SSSR count). The highest BCUT2D eigenvalue weighted by atomic mass is 16.5. The molecule has 0 amide bonds. The molecule has 0 aromatic heterocycles. The molecule has 0 fully saturated rings. The van der Waals surface area contributed by atoms with Gasteiger partial charge in [0, 0.05) is 6.54 Å². The van der Waals surface area contributed by atoms with Gasteiger partial charge in [-0.05, 0) is 50.5 Å². The van der Waals surface area contributed by atoms with Gasteiger partial charge in [-0.25, -0.2) is 0 Å². The van der Waals surface area contributed by atoms with Crippen LogP contribution in [0.1, 0.15) is 31.9 Å². The highest BCUT2D eigenvalue weighted by molar-refractivity contribution is 5.28. The quantitative estimate of drug-likeness (QED) is 0.842. The first kappa shape index (κ1) is 17.5. The van der Waals surface area contributed by atoms with Gasteiger partial charge in [-0.15, -0.1) is 0 Å². The van der Waals surface area contributed by atoms with E-state index in [4.69, 9.17) is 15.2 Å². The second-order valence-electron chi connectivity index (χ2n) is 6.71. The molecule has 2 aromatic carbocycles. The molecule has 2 aromatic rings. The SMILES string of the molecule is CC(C)(C)O[C@H](CN)Cc1ccc(OCc2ccccc2)cc1. The molecule has 0 aliphatic heterocycles. The maximum absolute atomic E-state index is 5.97. The third kappa shape index (κ3) is 6.43. The monoisotopic (exact) mass is 313 g/mol. The molecule has 0 aliphatic rings. The van der Waals surface area contributed by atoms with E-state index in [-0.39, 0.29) is 11.7 Å². The van der Waals surface area contributed by atoms with Crippen LogP contribution in [0.2, 0.25) is 0 Å². The van der Waals surface area contributed by atoms with Crippen LogP contribution in [0.25, 0.3) is 0 Å². The van der Waals surface area contributed by atoms with Crippen LogP contribution in [0.4, 0.5) is 0 Å². The van der Waals surface area contributed by atoms with Crippen LogP contribution >= 0.6 is 0 Å². The molecule has 124 valence electrons. The van der Waals surface area contributed by atoms with Crippen LogP contribution in [-0.4, -0.2) is 18.2 Å². The van der Waals surface area contributed by atoms with Crippen molar-refractivity contribution >= 4 is 0 Å². The van der Waals surface area contributed by atoms with Gasteiger partial charge in [-0.3, -0.25) is 0 Å². The van der Waals surface area contributed by atoms with Crippen molar-refractivity contribution in [2.45, 2.75) is 45.5 Å². The Hall–Kier alpha value is -1.84. The first-order chi connectivity index (χ1) is 11.0. The molecule has 0 saturated heterocycles. The van der Waals surface area contributed by atoms with Crippen LogP contribution in [0.5, 0.6) is 5.75 Å². The van der Waals surface area contributed by atoms with Crippen LogP contribution in [0, 0.1) is 0 Å². The number of nitrogens with two attached hydrogens (primary N) is 1. The number of ether oxygens (including phenoxy) is 2. The Morgan fingerprint density at radius 1 is 0.913 bits per heavy atom. The summed E-state index contributed by atoms with van der Waals surface area (Å²) in [6.45, 7) is 7.25. The largest absolute Gasteiger partial charge is 0.489 e. The fourth-order valence-corrected chi connectivity index (χ4v) is 2.40. The molecule has 0 bridgehead atoms. The molecule has 0 spiro atoms. The lowest BCUT2D eigenvalue weighted by Crippen LogP contribution is -2.34. The summed E-state index contributed by atoms with van der Waals surface area (Å²) in [5.41, 5.74) is 8.01. The Balaban J connectivity index is 1.88. The second kappa shape index (κ2) is 8.14. The van der Waals surface area contributed by atoms with Crippen molar-refractivity contribution in [2.75, 3.05) is 6.54 Å². The van der Waals surface area contributed by atoms with Gasteiger partial charge < -0.3 is 15.2 Å². The highest BCUT2D eigenvalue weighted by Gasteiger charge is 2.17. The molecular formula is C20H27NO2. The van der Waals surface area contributed by atoms with Crippen molar-refractivity contribution < 1.29 is 9.47 Å². The molecule has 3 nitrogen and oxygen atoms in total. The summed E-state index contributed by atoms with van der Waals surface area (Å²) in [6, 6.07) is 18.3. The molecule has 3 heteroatoms. The van der Waals surface area contributed by atoms with E-state index >= 15 is 0 Å². The van der Waals surface area contributed by atoms with Crippen molar-refractivity contribution in [3.05, 3.63) is 65.7 Å². The lowest BCUT2D eigenvalue weighted by Gasteiger charge is -2.26. The van der Waals surface area contributed by atoms with Crippen LogP contribution in [-0.2, 0) is 17.8 Å². The lowest BCUT2D eigenvalue weighted by atomic mass is 10.1. The van der Waals surface area contributed by atoms with Gasteiger partial charge >= 0.3 is 0 Å². The Bertz CT molecular complexity index is 573. The van der Waals surface area contributed by atoms with Crippen molar-refractivity contribution in [2.24, 2.45) is 5.73 Å². The molecule has 0 saturated carbocycles. The molecular weight excluding hydrogens is 286 g/mol. The average molecular weight is 313 g/mol. The average Bonchev–Trinajstić information content (AvgIpc) is 2.53. The van der Waals surface area contributed by atoms with E-state index in [1.165, 1.54) is 11.1 Å². The fourth-order valence-electron chi connectivity index (χ4n) is 2.40.